The van der Waals surface area contributed by atoms with E-state index < -0.39 is 5.97 Å². The quantitative estimate of drug-likeness (QED) is 0.807. The Morgan fingerprint density at radius 1 is 1.22 bits per heavy atom. The van der Waals surface area contributed by atoms with Crippen molar-refractivity contribution in [2.24, 2.45) is 0 Å². The Kier molecular flexibility index (Phi) is 5.86. The molecule has 0 spiro atoms. The van der Waals surface area contributed by atoms with Crippen LogP contribution < -0.4 is 0 Å². The molecule has 0 aromatic heterocycles. The van der Waals surface area contributed by atoms with Gasteiger partial charge in [-0.1, -0.05) is 37.3 Å². The molecule has 0 saturated carbocycles. The van der Waals surface area contributed by atoms with Crippen molar-refractivity contribution in [1.29, 1.82) is 0 Å². The molecule has 0 fully saturated rings. The van der Waals surface area contributed by atoms with Gasteiger partial charge >= 0.3 is 5.97 Å². The molecule has 100 valence electrons. The highest BCUT2D eigenvalue weighted by Gasteiger charge is 2.14. The molecule has 1 rings (SSSR count). The Morgan fingerprint density at radius 3 is 2.33 bits per heavy atom. The third-order valence-electron chi connectivity index (χ3n) is 3.29. The molecule has 18 heavy (non-hydrogen) atoms. The number of carboxylic acid groups (broad SMARTS) is 1. The predicted octanol–water partition coefficient (Wildman–Crippen LogP) is 2.98. The molecule has 0 bridgehead atoms. The summed E-state index contributed by atoms with van der Waals surface area (Å²) in [7, 11) is 0. The number of rotatable bonds is 7. The van der Waals surface area contributed by atoms with Crippen LogP contribution >= 0.6 is 0 Å². The van der Waals surface area contributed by atoms with E-state index in [1.807, 2.05) is 36.9 Å². The van der Waals surface area contributed by atoms with E-state index in [0.717, 1.165) is 13.0 Å². The fourth-order valence-corrected chi connectivity index (χ4v) is 2.00. The van der Waals surface area contributed by atoms with E-state index in [9.17, 15) is 4.79 Å². The van der Waals surface area contributed by atoms with Crippen molar-refractivity contribution in [1.82, 2.24) is 4.90 Å². The lowest BCUT2D eigenvalue weighted by Gasteiger charge is -2.26. The number of carbonyl (C=O) groups is 1. The molecule has 1 aromatic rings. The maximum atomic E-state index is 10.8. The van der Waals surface area contributed by atoms with Crippen LogP contribution in [0.15, 0.2) is 30.3 Å². The van der Waals surface area contributed by atoms with E-state index in [-0.39, 0.29) is 12.6 Å². The number of hydrogen-bond acceptors (Lipinski definition) is 2. The average Bonchev–Trinajstić information content (AvgIpc) is 2.34. The van der Waals surface area contributed by atoms with Gasteiger partial charge in [0, 0.05) is 6.04 Å². The Labute approximate surface area is 109 Å². The van der Waals surface area contributed by atoms with E-state index in [1.165, 1.54) is 5.56 Å². The van der Waals surface area contributed by atoms with Crippen LogP contribution in [0.1, 0.15) is 38.7 Å². The van der Waals surface area contributed by atoms with Gasteiger partial charge in [0.15, 0.2) is 0 Å². The Morgan fingerprint density at radius 2 is 1.83 bits per heavy atom. The molecule has 0 aliphatic rings. The zero-order valence-electron chi connectivity index (χ0n) is 11.5. The molecule has 0 saturated heterocycles. The number of benzene rings is 1. The van der Waals surface area contributed by atoms with Gasteiger partial charge in [0.05, 0.1) is 6.54 Å². The largest absolute Gasteiger partial charge is 0.480 e. The maximum Gasteiger partial charge on any atom is 0.317 e. The van der Waals surface area contributed by atoms with Crippen molar-refractivity contribution >= 4 is 5.97 Å². The van der Waals surface area contributed by atoms with Crippen molar-refractivity contribution < 1.29 is 9.90 Å². The van der Waals surface area contributed by atoms with Gasteiger partial charge in [-0.3, -0.25) is 9.69 Å². The van der Waals surface area contributed by atoms with Crippen LogP contribution in [0.4, 0.5) is 0 Å². The molecular formula is C15H23NO2. The van der Waals surface area contributed by atoms with Crippen molar-refractivity contribution in [2.75, 3.05) is 13.1 Å². The van der Waals surface area contributed by atoms with Crippen molar-refractivity contribution in [3.8, 4) is 0 Å². The van der Waals surface area contributed by atoms with E-state index in [4.69, 9.17) is 5.11 Å². The molecule has 0 amide bonds. The van der Waals surface area contributed by atoms with Gasteiger partial charge in [-0.2, -0.15) is 0 Å². The summed E-state index contributed by atoms with van der Waals surface area (Å²) in [5.74, 6) is -0.294. The van der Waals surface area contributed by atoms with Crippen LogP contribution in [0, 0.1) is 0 Å². The van der Waals surface area contributed by atoms with Crippen LogP contribution in [0.25, 0.3) is 0 Å². The van der Waals surface area contributed by atoms with Gasteiger partial charge in [0.25, 0.3) is 0 Å². The third-order valence-corrected chi connectivity index (χ3v) is 3.29. The lowest BCUT2D eigenvalue weighted by molar-refractivity contribution is -0.138. The summed E-state index contributed by atoms with van der Waals surface area (Å²) >= 11 is 0. The molecule has 3 nitrogen and oxygen atoms in total. The summed E-state index contributed by atoms with van der Waals surface area (Å²) in [5, 5.41) is 8.87. The number of aliphatic carboxylic acids is 1. The van der Waals surface area contributed by atoms with Crippen molar-refractivity contribution in [3.63, 3.8) is 0 Å². The average molecular weight is 249 g/mol. The second kappa shape index (κ2) is 7.17. The fraction of sp³-hybridized carbons (Fsp3) is 0.533. The SMILES string of the molecule is CC(CCN(CC(=O)O)C(C)C)c1ccccc1. The molecule has 3 heteroatoms. The highest BCUT2D eigenvalue weighted by Crippen LogP contribution is 2.19. The highest BCUT2D eigenvalue weighted by atomic mass is 16.4. The molecule has 0 heterocycles. The van der Waals surface area contributed by atoms with Gasteiger partial charge < -0.3 is 5.11 Å². The maximum absolute atomic E-state index is 10.8. The molecular weight excluding hydrogens is 226 g/mol. The minimum atomic E-state index is -0.754. The summed E-state index contributed by atoms with van der Waals surface area (Å²) in [6.07, 6.45) is 0.982. The molecule has 1 atom stereocenters. The van der Waals surface area contributed by atoms with Crippen molar-refractivity contribution in [3.05, 3.63) is 35.9 Å². The van der Waals surface area contributed by atoms with E-state index >= 15 is 0 Å². The van der Waals surface area contributed by atoms with E-state index in [0.29, 0.717) is 5.92 Å². The summed E-state index contributed by atoms with van der Waals surface area (Å²) in [6, 6.07) is 10.6. The summed E-state index contributed by atoms with van der Waals surface area (Å²) < 4.78 is 0. The van der Waals surface area contributed by atoms with Crippen LogP contribution in [-0.4, -0.2) is 35.1 Å². The Balaban J connectivity index is 2.49. The topological polar surface area (TPSA) is 40.5 Å². The zero-order valence-corrected chi connectivity index (χ0v) is 11.5. The lowest BCUT2D eigenvalue weighted by atomic mass is 9.97. The monoisotopic (exact) mass is 249 g/mol. The summed E-state index contributed by atoms with van der Waals surface area (Å²) in [5.41, 5.74) is 1.32. The van der Waals surface area contributed by atoms with E-state index in [2.05, 4.69) is 19.1 Å². The lowest BCUT2D eigenvalue weighted by Crippen LogP contribution is -2.36. The second-order valence-corrected chi connectivity index (χ2v) is 5.06. The normalized spacial score (nSPS) is 12.9. The molecule has 1 aromatic carbocycles. The highest BCUT2D eigenvalue weighted by molar-refractivity contribution is 5.69. The first-order valence-electron chi connectivity index (χ1n) is 6.51. The smallest absolute Gasteiger partial charge is 0.317 e. The fourth-order valence-electron chi connectivity index (χ4n) is 2.00. The zero-order chi connectivity index (χ0) is 13.5. The molecule has 1 N–H and O–H groups in total. The molecule has 0 radical (unpaired) electrons. The number of hydrogen-bond donors (Lipinski definition) is 1. The Bertz CT molecular complexity index is 362. The standard InChI is InChI=1S/C15H23NO2/c1-12(2)16(11-15(17)18)10-9-13(3)14-7-5-4-6-8-14/h4-8,12-13H,9-11H2,1-3H3,(H,17,18). The molecule has 1 unspecified atom stereocenters. The van der Waals surface area contributed by atoms with Gasteiger partial charge in [0.1, 0.15) is 0 Å². The van der Waals surface area contributed by atoms with Gasteiger partial charge in [-0.05, 0) is 38.3 Å². The minimum Gasteiger partial charge on any atom is -0.480 e. The molecule has 0 aliphatic heterocycles. The van der Waals surface area contributed by atoms with Crippen LogP contribution in [-0.2, 0) is 4.79 Å². The second-order valence-electron chi connectivity index (χ2n) is 5.06. The number of carboxylic acids is 1. The van der Waals surface area contributed by atoms with E-state index in [1.54, 1.807) is 0 Å². The minimum absolute atomic E-state index is 0.124. The van der Waals surface area contributed by atoms with Gasteiger partial charge in [-0.25, -0.2) is 0 Å². The predicted molar refractivity (Wildman–Crippen MR) is 73.8 cm³/mol. The first kappa shape index (κ1) is 14.7. The Hall–Kier alpha value is -1.35. The van der Waals surface area contributed by atoms with Crippen LogP contribution in [0.5, 0.6) is 0 Å². The van der Waals surface area contributed by atoms with Crippen LogP contribution in [0.3, 0.4) is 0 Å². The molecule has 0 aliphatic carbocycles. The van der Waals surface area contributed by atoms with Gasteiger partial charge in [0.2, 0.25) is 0 Å². The summed E-state index contributed by atoms with van der Waals surface area (Å²) in [4.78, 5) is 12.8. The first-order chi connectivity index (χ1) is 8.50. The number of nitrogens with zero attached hydrogens (tertiary/aromatic N) is 1. The third kappa shape index (κ3) is 4.88. The van der Waals surface area contributed by atoms with Gasteiger partial charge in [-0.15, -0.1) is 0 Å². The van der Waals surface area contributed by atoms with Crippen LogP contribution in [0.2, 0.25) is 0 Å². The van der Waals surface area contributed by atoms with Crippen molar-refractivity contribution in [2.45, 2.75) is 39.2 Å². The first-order valence-corrected chi connectivity index (χ1v) is 6.51. The summed E-state index contributed by atoms with van der Waals surface area (Å²) in [6.45, 7) is 7.21.